The van der Waals surface area contributed by atoms with E-state index in [1.54, 1.807) is 0 Å². The predicted molar refractivity (Wildman–Crippen MR) is 62.9 cm³/mol. The van der Waals surface area contributed by atoms with Gasteiger partial charge in [-0.15, -0.1) is 0 Å². The fourth-order valence-corrected chi connectivity index (χ4v) is 2.90. The van der Waals surface area contributed by atoms with E-state index in [0.29, 0.717) is 0 Å². The molecular formula is C13H24N2. The van der Waals surface area contributed by atoms with Crippen molar-refractivity contribution in [3.8, 4) is 0 Å². The second-order valence-electron chi connectivity index (χ2n) is 5.91. The smallest absolute Gasteiger partial charge is 0.00953 e. The topological polar surface area (TPSA) is 15.3 Å². The molecule has 86 valence electrons. The molecule has 3 aliphatic rings. The molecule has 0 amide bonds. The van der Waals surface area contributed by atoms with Crippen LogP contribution in [0, 0.1) is 11.8 Å². The molecule has 1 heterocycles. The van der Waals surface area contributed by atoms with Crippen LogP contribution in [0.2, 0.25) is 0 Å². The number of likely N-dealkylation sites (tertiary alicyclic amines) is 1. The molecule has 0 aromatic carbocycles. The zero-order chi connectivity index (χ0) is 10.3. The molecule has 3 fully saturated rings. The maximum atomic E-state index is 3.68. The molecule has 2 nitrogen and oxygen atoms in total. The Kier molecular flexibility index (Phi) is 2.73. The van der Waals surface area contributed by atoms with Gasteiger partial charge in [-0.05, 0) is 64.0 Å². The Balaban J connectivity index is 1.40. The molecule has 0 aromatic rings. The summed E-state index contributed by atoms with van der Waals surface area (Å²) in [4.78, 5) is 2.73. The summed E-state index contributed by atoms with van der Waals surface area (Å²) in [5.41, 5.74) is 0. The molecule has 2 aliphatic carbocycles. The summed E-state index contributed by atoms with van der Waals surface area (Å²) < 4.78 is 0. The van der Waals surface area contributed by atoms with E-state index in [9.17, 15) is 0 Å². The van der Waals surface area contributed by atoms with Gasteiger partial charge in [0.15, 0.2) is 0 Å². The molecule has 3 rings (SSSR count). The number of nitrogens with zero attached hydrogens (tertiary/aromatic N) is 1. The highest BCUT2D eigenvalue weighted by atomic mass is 15.2. The van der Waals surface area contributed by atoms with Crippen LogP contribution in [-0.4, -0.2) is 36.6 Å². The van der Waals surface area contributed by atoms with Crippen LogP contribution in [0.3, 0.4) is 0 Å². The van der Waals surface area contributed by atoms with Crippen LogP contribution in [0.1, 0.15) is 39.0 Å². The molecular weight excluding hydrogens is 184 g/mol. The zero-order valence-corrected chi connectivity index (χ0v) is 9.91. The largest absolute Gasteiger partial charge is 0.314 e. The summed E-state index contributed by atoms with van der Waals surface area (Å²) >= 11 is 0. The summed E-state index contributed by atoms with van der Waals surface area (Å²) in [5.74, 6) is 1.98. The fraction of sp³-hybridized carbons (Fsp3) is 1.00. The summed E-state index contributed by atoms with van der Waals surface area (Å²) in [6.45, 7) is 6.43. The second kappa shape index (κ2) is 4.06. The molecule has 0 aromatic heterocycles. The summed E-state index contributed by atoms with van der Waals surface area (Å²) in [6, 6.07) is 1.76. The van der Waals surface area contributed by atoms with E-state index < -0.39 is 0 Å². The van der Waals surface area contributed by atoms with Crippen LogP contribution in [0.25, 0.3) is 0 Å². The van der Waals surface area contributed by atoms with E-state index in [1.165, 1.54) is 51.7 Å². The molecule has 2 heteroatoms. The normalized spacial score (nSPS) is 34.6. The van der Waals surface area contributed by atoms with Crippen LogP contribution in [0.15, 0.2) is 0 Å². The lowest BCUT2D eigenvalue weighted by molar-refractivity contribution is 0.226. The Bertz CT molecular complexity index is 221. The van der Waals surface area contributed by atoms with Gasteiger partial charge in [-0.3, -0.25) is 0 Å². The molecule has 0 bridgehead atoms. The number of hydrogen-bond acceptors (Lipinski definition) is 2. The molecule has 0 radical (unpaired) electrons. The highest BCUT2D eigenvalue weighted by Crippen LogP contribution is 2.36. The van der Waals surface area contributed by atoms with Crippen molar-refractivity contribution in [1.82, 2.24) is 10.2 Å². The first-order valence-electron chi connectivity index (χ1n) is 6.80. The van der Waals surface area contributed by atoms with Gasteiger partial charge < -0.3 is 10.2 Å². The molecule has 2 unspecified atom stereocenters. The number of rotatable bonds is 5. The van der Waals surface area contributed by atoms with Crippen molar-refractivity contribution >= 4 is 0 Å². The SMILES string of the molecule is CC(C1CC1)N1CCC(CNC2CC2)C1. The number of hydrogen-bond donors (Lipinski definition) is 1. The first-order valence-corrected chi connectivity index (χ1v) is 6.80. The maximum Gasteiger partial charge on any atom is 0.00953 e. The third-order valence-electron chi connectivity index (χ3n) is 4.47. The van der Waals surface area contributed by atoms with Gasteiger partial charge in [-0.2, -0.15) is 0 Å². The lowest BCUT2D eigenvalue weighted by atomic mass is 10.1. The average Bonchev–Trinajstić information content (AvgIpc) is 3.13. The Hall–Kier alpha value is -0.0800. The Labute approximate surface area is 93.4 Å². The zero-order valence-electron chi connectivity index (χ0n) is 9.91. The van der Waals surface area contributed by atoms with Crippen molar-refractivity contribution in [2.45, 2.75) is 51.1 Å². The monoisotopic (exact) mass is 208 g/mol. The Morgan fingerprint density at radius 3 is 2.67 bits per heavy atom. The predicted octanol–water partition coefficient (Wildman–Crippen LogP) is 1.86. The second-order valence-corrected chi connectivity index (χ2v) is 5.91. The van der Waals surface area contributed by atoms with Gasteiger partial charge in [0, 0.05) is 18.6 Å². The Morgan fingerprint density at radius 2 is 2.00 bits per heavy atom. The lowest BCUT2D eigenvalue weighted by Crippen LogP contribution is -2.34. The molecule has 0 spiro atoms. The van der Waals surface area contributed by atoms with Crippen molar-refractivity contribution in [3.05, 3.63) is 0 Å². The third kappa shape index (κ3) is 2.54. The van der Waals surface area contributed by atoms with Gasteiger partial charge in [0.25, 0.3) is 0 Å². The highest BCUT2D eigenvalue weighted by Gasteiger charge is 2.35. The first kappa shape index (κ1) is 10.1. The minimum Gasteiger partial charge on any atom is -0.314 e. The van der Waals surface area contributed by atoms with Gasteiger partial charge in [-0.25, -0.2) is 0 Å². The average molecular weight is 208 g/mol. The van der Waals surface area contributed by atoms with Gasteiger partial charge in [0.1, 0.15) is 0 Å². The Morgan fingerprint density at radius 1 is 1.20 bits per heavy atom. The molecule has 1 saturated heterocycles. The van der Waals surface area contributed by atoms with Crippen molar-refractivity contribution in [2.75, 3.05) is 19.6 Å². The van der Waals surface area contributed by atoms with Crippen LogP contribution < -0.4 is 5.32 Å². The first-order chi connectivity index (χ1) is 7.33. The van der Waals surface area contributed by atoms with Crippen LogP contribution in [-0.2, 0) is 0 Å². The minimum atomic E-state index is 0.871. The van der Waals surface area contributed by atoms with E-state index in [2.05, 4.69) is 17.1 Å². The van der Waals surface area contributed by atoms with E-state index in [0.717, 1.165) is 23.9 Å². The van der Waals surface area contributed by atoms with Gasteiger partial charge in [0.2, 0.25) is 0 Å². The lowest BCUT2D eigenvalue weighted by Gasteiger charge is -2.24. The maximum absolute atomic E-state index is 3.68. The van der Waals surface area contributed by atoms with Crippen molar-refractivity contribution < 1.29 is 0 Å². The van der Waals surface area contributed by atoms with Crippen molar-refractivity contribution in [1.29, 1.82) is 0 Å². The highest BCUT2D eigenvalue weighted by molar-refractivity contribution is 4.90. The fourth-order valence-electron chi connectivity index (χ4n) is 2.90. The third-order valence-corrected chi connectivity index (χ3v) is 4.47. The standard InChI is InChI=1S/C13H24N2/c1-10(12-2-3-12)15-7-6-11(9-15)8-14-13-4-5-13/h10-14H,2-9H2,1H3. The van der Waals surface area contributed by atoms with Crippen molar-refractivity contribution in [3.63, 3.8) is 0 Å². The van der Waals surface area contributed by atoms with E-state index in [4.69, 9.17) is 0 Å². The summed E-state index contributed by atoms with van der Waals surface area (Å²) in [6.07, 6.45) is 7.26. The van der Waals surface area contributed by atoms with E-state index in [-0.39, 0.29) is 0 Å². The minimum absolute atomic E-state index is 0.871. The van der Waals surface area contributed by atoms with Crippen LogP contribution in [0.4, 0.5) is 0 Å². The summed E-state index contributed by atoms with van der Waals surface area (Å²) in [7, 11) is 0. The molecule has 1 aliphatic heterocycles. The number of nitrogens with one attached hydrogen (secondary N) is 1. The van der Waals surface area contributed by atoms with Gasteiger partial charge in [-0.1, -0.05) is 0 Å². The van der Waals surface area contributed by atoms with Crippen molar-refractivity contribution in [2.24, 2.45) is 11.8 Å². The molecule has 2 saturated carbocycles. The van der Waals surface area contributed by atoms with E-state index >= 15 is 0 Å². The van der Waals surface area contributed by atoms with Crippen LogP contribution >= 0.6 is 0 Å². The van der Waals surface area contributed by atoms with Gasteiger partial charge in [0.05, 0.1) is 0 Å². The molecule has 2 atom stereocenters. The van der Waals surface area contributed by atoms with Crippen LogP contribution in [0.5, 0.6) is 0 Å². The molecule has 1 N–H and O–H groups in total. The molecule has 15 heavy (non-hydrogen) atoms. The quantitative estimate of drug-likeness (QED) is 0.742. The van der Waals surface area contributed by atoms with E-state index in [1.807, 2.05) is 0 Å². The van der Waals surface area contributed by atoms with Gasteiger partial charge >= 0.3 is 0 Å². The summed E-state index contributed by atoms with van der Waals surface area (Å²) in [5, 5.41) is 3.68.